The molecule has 102 valence electrons. The molecule has 18 heavy (non-hydrogen) atoms. The van der Waals surface area contributed by atoms with Crippen LogP contribution in [0.2, 0.25) is 0 Å². The molecule has 0 amide bonds. The van der Waals surface area contributed by atoms with Crippen molar-refractivity contribution < 1.29 is 9.90 Å². The van der Waals surface area contributed by atoms with E-state index in [0.29, 0.717) is 13.1 Å². The molecule has 0 spiro atoms. The van der Waals surface area contributed by atoms with E-state index in [2.05, 4.69) is 42.7 Å². The summed E-state index contributed by atoms with van der Waals surface area (Å²) in [4.78, 5) is 17.0. The molecule has 0 unspecified atom stereocenters. The molecule has 1 aromatic heterocycles. The molecule has 0 bridgehead atoms. The summed E-state index contributed by atoms with van der Waals surface area (Å²) >= 11 is 0. The van der Waals surface area contributed by atoms with Crippen molar-refractivity contribution >= 4 is 5.97 Å². The monoisotopic (exact) mass is 254 g/mol. The molecule has 6 nitrogen and oxygen atoms in total. The molecule has 0 aromatic carbocycles. The quantitative estimate of drug-likeness (QED) is 0.799. The Kier molecular flexibility index (Phi) is 5.27. The highest BCUT2D eigenvalue weighted by atomic mass is 16.4. The number of hydrogen-bond donors (Lipinski definition) is 1. The van der Waals surface area contributed by atoms with E-state index in [9.17, 15) is 4.79 Å². The van der Waals surface area contributed by atoms with E-state index < -0.39 is 5.97 Å². The van der Waals surface area contributed by atoms with Gasteiger partial charge < -0.3 is 5.11 Å². The number of aromatic nitrogens is 3. The molecule has 6 heteroatoms. The lowest BCUT2D eigenvalue weighted by Gasteiger charge is -2.25. The van der Waals surface area contributed by atoms with E-state index in [1.165, 1.54) is 0 Å². The molecule has 1 N–H and O–H groups in total. The summed E-state index contributed by atoms with van der Waals surface area (Å²) in [6.45, 7) is 9.36. The van der Waals surface area contributed by atoms with E-state index in [1.807, 2.05) is 4.68 Å². The molecule has 0 saturated heterocycles. The van der Waals surface area contributed by atoms with Gasteiger partial charge in [-0.2, -0.15) is 5.10 Å². The van der Waals surface area contributed by atoms with E-state index in [-0.39, 0.29) is 18.5 Å². The topological polar surface area (TPSA) is 71.2 Å². The van der Waals surface area contributed by atoms with Crippen LogP contribution in [-0.2, 0) is 11.3 Å². The first kappa shape index (κ1) is 14.6. The molecule has 1 rings (SSSR count). The molecule has 1 heterocycles. The average molecular weight is 254 g/mol. The Morgan fingerprint density at radius 2 is 2.11 bits per heavy atom. The molecule has 0 atom stereocenters. The van der Waals surface area contributed by atoms with Gasteiger partial charge in [0.25, 0.3) is 0 Å². The molecule has 1 aromatic rings. The highest BCUT2D eigenvalue weighted by Gasteiger charge is 2.16. The minimum Gasteiger partial charge on any atom is -0.481 e. The fourth-order valence-electron chi connectivity index (χ4n) is 1.76. The zero-order chi connectivity index (χ0) is 13.7. The zero-order valence-corrected chi connectivity index (χ0v) is 11.5. The predicted molar refractivity (Wildman–Crippen MR) is 68.2 cm³/mol. The number of aliphatic carboxylic acids is 1. The fraction of sp³-hybridized carbons (Fsp3) is 0.750. The second kappa shape index (κ2) is 6.49. The van der Waals surface area contributed by atoms with Crippen LogP contribution < -0.4 is 0 Å². The van der Waals surface area contributed by atoms with Crippen molar-refractivity contribution in [1.29, 1.82) is 0 Å². The summed E-state index contributed by atoms with van der Waals surface area (Å²) in [5, 5.41) is 12.9. The van der Waals surface area contributed by atoms with Crippen LogP contribution in [0.4, 0.5) is 0 Å². The van der Waals surface area contributed by atoms with E-state index in [0.717, 1.165) is 5.82 Å². The summed E-state index contributed by atoms with van der Waals surface area (Å²) < 4.78 is 1.87. The number of carboxylic acids is 1. The largest absolute Gasteiger partial charge is 0.481 e. The van der Waals surface area contributed by atoms with E-state index >= 15 is 0 Å². The maximum atomic E-state index is 10.6. The summed E-state index contributed by atoms with van der Waals surface area (Å²) in [5.74, 6) is 0.107. The second-order valence-corrected chi connectivity index (χ2v) is 4.92. The van der Waals surface area contributed by atoms with Crippen LogP contribution in [0.15, 0.2) is 6.33 Å². The first-order chi connectivity index (χ1) is 8.41. The van der Waals surface area contributed by atoms with Gasteiger partial charge >= 0.3 is 5.97 Å². The first-order valence-electron chi connectivity index (χ1n) is 6.26. The lowest BCUT2D eigenvalue weighted by Crippen LogP contribution is -2.33. The Morgan fingerprint density at radius 3 is 2.61 bits per heavy atom. The highest BCUT2D eigenvalue weighted by Crippen LogP contribution is 2.10. The normalized spacial score (nSPS) is 11.7. The predicted octanol–water partition coefficient (Wildman–Crippen LogP) is 1.54. The van der Waals surface area contributed by atoms with Gasteiger partial charge in [0.1, 0.15) is 12.2 Å². The van der Waals surface area contributed by atoms with E-state index in [1.54, 1.807) is 6.33 Å². The maximum Gasteiger partial charge on any atom is 0.304 e. The van der Waals surface area contributed by atoms with Crippen molar-refractivity contribution in [3.63, 3.8) is 0 Å². The van der Waals surface area contributed by atoms with Crippen LogP contribution in [0.25, 0.3) is 0 Å². The van der Waals surface area contributed by atoms with Crippen molar-refractivity contribution in [1.82, 2.24) is 19.7 Å². The number of carbonyl (C=O) groups is 1. The maximum absolute atomic E-state index is 10.6. The molecule has 0 radical (unpaired) electrons. The Balaban J connectivity index is 2.70. The van der Waals surface area contributed by atoms with Gasteiger partial charge in [0, 0.05) is 18.6 Å². The molecular formula is C12H22N4O2. The van der Waals surface area contributed by atoms with Crippen molar-refractivity contribution in [2.24, 2.45) is 0 Å². The summed E-state index contributed by atoms with van der Waals surface area (Å²) in [6, 6.07) is 0.539. The van der Waals surface area contributed by atoms with Crippen LogP contribution in [0.1, 0.15) is 46.0 Å². The van der Waals surface area contributed by atoms with Gasteiger partial charge in [-0.3, -0.25) is 9.69 Å². The van der Waals surface area contributed by atoms with Crippen molar-refractivity contribution in [2.45, 2.75) is 52.7 Å². The van der Waals surface area contributed by atoms with Crippen LogP contribution in [0, 0.1) is 0 Å². The third-order valence-electron chi connectivity index (χ3n) is 2.82. The van der Waals surface area contributed by atoms with Crippen molar-refractivity contribution in [3.05, 3.63) is 12.2 Å². The van der Waals surface area contributed by atoms with Gasteiger partial charge in [-0.15, -0.1) is 0 Å². The third-order valence-corrected chi connectivity index (χ3v) is 2.82. The minimum absolute atomic E-state index is 0.147. The number of hydrogen-bond acceptors (Lipinski definition) is 4. The summed E-state index contributed by atoms with van der Waals surface area (Å²) in [7, 11) is 0. The van der Waals surface area contributed by atoms with Gasteiger partial charge in [0.15, 0.2) is 0 Å². The molecule has 0 aliphatic carbocycles. The van der Waals surface area contributed by atoms with Gasteiger partial charge in [-0.05, 0) is 27.7 Å². The third kappa shape index (κ3) is 4.10. The van der Waals surface area contributed by atoms with E-state index in [4.69, 9.17) is 5.11 Å². The fourth-order valence-corrected chi connectivity index (χ4v) is 1.76. The molecule has 0 saturated carbocycles. The molecule has 0 aliphatic heterocycles. The highest BCUT2D eigenvalue weighted by molar-refractivity contribution is 5.66. The Morgan fingerprint density at radius 1 is 1.44 bits per heavy atom. The van der Waals surface area contributed by atoms with Crippen molar-refractivity contribution in [3.8, 4) is 0 Å². The Bertz CT molecular complexity index is 387. The van der Waals surface area contributed by atoms with Crippen LogP contribution in [0.3, 0.4) is 0 Å². The standard InChI is InChI=1S/C12H22N4O2/c1-9(2)15(6-5-12(17)18)7-11-13-8-14-16(11)10(3)4/h8-10H,5-7H2,1-4H3,(H,17,18). The minimum atomic E-state index is -0.772. The number of nitrogens with zero attached hydrogens (tertiary/aromatic N) is 4. The van der Waals surface area contributed by atoms with Crippen LogP contribution in [0.5, 0.6) is 0 Å². The summed E-state index contributed by atoms with van der Waals surface area (Å²) in [6.07, 6.45) is 1.69. The van der Waals surface area contributed by atoms with Crippen LogP contribution in [-0.4, -0.2) is 43.3 Å². The van der Waals surface area contributed by atoms with Gasteiger partial charge in [0.2, 0.25) is 0 Å². The summed E-state index contributed by atoms with van der Waals surface area (Å²) in [5.41, 5.74) is 0. The Labute approximate surface area is 108 Å². The first-order valence-corrected chi connectivity index (χ1v) is 6.26. The Hall–Kier alpha value is -1.43. The smallest absolute Gasteiger partial charge is 0.304 e. The lowest BCUT2D eigenvalue weighted by atomic mass is 10.2. The molecule has 0 fully saturated rings. The van der Waals surface area contributed by atoms with Gasteiger partial charge in [-0.1, -0.05) is 0 Å². The molecular weight excluding hydrogens is 232 g/mol. The second-order valence-electron chi connectivity index (χ2n) is 4.92. The average Bonchev–Trinajstić information content (AvgIpc) is 2.71. The lowest BCUT2D eigenvalue weighted by molar-refractivity contribution is -0.137. The molecule has 0 aliphatic rings. The number of rotatable bonds is 7. The SMILES string of the molecule is CC(C)N(CCC(=O)O)Cc1ncnn1C(C)C. The number of carboxylic acid groups (broad SMARTS) is 1. The van der Waals surface area contributed by atoms with Crippen molar-refractivity contribution in [2.75, 3.05) is 6.54 Å². The zero-order valence-electron chi connectivity index (χ0n) is 11.5. The van der Waals surface area contributed by atoms with Crippen LogP contribution >= 0.6 is 0 Å². The van der Waals surface area contributed by atoms with Gasteiger partial charge in [-0.25, -0.2) is 9.67 Å². The van der Waals surface area contributed by atoms with Gasteiger partial charge in [0.05, 0.1) is 13.0 Å².